The first-order valence-electron chi connectivity index (χ1n) is 12.4. The Kier molecular flexibility index (Phi) is 10.6. The van der Waals surface area contributed by atoms with Crippen LogP contribution in [0, 0.1) is 0 Å². The molecular weight excluding hydrogens is 493 g/mol. The van der Waals surface area contributed by atoms with Crippen molar-refractivity contribution in [3.63, 3.8) is 0 Å². The molecule has 1 saturated heterocycles. The number of carbonyl (C=O) groups excluding carboxylic acids is 1. The van der Waals surface area contributed by atoms with Crippen LogP contribution >= 0.6 is 7.82 Å². The number of nitrogens with zero attached hydrogens (tertiary/aromatic N) is 4. The molecule has 4 N–H and O–H groups in total. The molecule has 0 saturated carbocycles. The van der Waals surface area contributed by atoms with Crippen LogP contribution in [0.25, 0.3) is 11.2 Å². The van der Waals surface area contributed by atoms with Crippen LogP contribution in [0.4, 0.5) is 5.82 Å². The minimum atomic E-state index is -4.98. The van der Waals surface area contributed by atoms with E-state index in [4.69, 9.17) is 15.0 Å². The van der Waals surface area contributed by atoms with Crippen molar-refractivity contribution in [1.82, 2.24) is 19.5 Å². The summed E-state index contributed by atoms with van der Waals surface area (Å²) in [4.78, 5) is 36.0. The van der Waals surface area contributed by atoms with Gasteiger partial charge in [0.1, 0.15) is 30.2 Å². The number of aliphatic hydroxyl groups excluding tert-OH is 2. The van der Waals surface area contributed by atoms with Gasteiger partial charge in [-0.3, -0.25) is 13.9 Å². The van der Waals surface area contributed by atoms with Gasteiger partial charge in [0, 0.05) is 6.42 Å². The summed E-state index contributed by atoms with van der Waals surface area (Å²) in [6.45, 7) is 1.51. The highest BCUT2D eigenvalue weighted by Crippen LogP contribution is 2.41. The first-order valence-corrected chi connectivity index (χ1v) is 13.8. The van der Waals surface area contributed by atoms with Gasteiger partial charge in [0.05, 0.1) is 12.9 Å². The fourth-order valence-electron chi connectivity index (χ4n) is 4.09. The molecule has 202 valence electrons. The minimum Gasteiger partial charge on any atom is -0.746 e. The number of fused-ring (bicyclic) bond motifs is 1. The Morgan fingerprint density at radius 1 is 1.11 bits per heavy atom. The van der Waals surface area contributed by atoms with E-state index in [1.807, 2.05) is 0 Å². The summed E-state index contributed by atoms with van der Waals surface area (Å²) in [5, 5.41) is 20.8. The van der Waals surface area contributed by atoms with Gasteiger partial charge in [0.2, 0.25) is 0 Å². The maximum atomic E-state index is 12.1. The molecule has 3 heterocycles. The Balaban J connectivity index is 1.41. The number of carbonyl (C=O) groups is 1. The molecule has 0 aliphatic carbocycles. The van der Waals surface area contributed by atoms with Gasteiger partial charge in [-0.2, -0.15) is 0 Å². The molecule has 1 unspecified atom stereocenters. The molecule has 36 heavy (non-hydrogen) atoms. The number of nitrogens with two attached hydrogens (primary N) is 1. The molecule has 0 bridgehead atoms. The zero-order valence-electron chi connectivity index (χ0n) is 20.4. The van der Waals surface area contributed by atoms with Crippen molar-refractivity contribution >= 4 is 30.8 Å². The average Bonchev–Trinajstić information content (AvgIpc) is 3.38. The zero-order valence-corrected chi connectivity index (χ0v) is 21.3. The van der Waals surface area contributed by atoms with Crippen LogP contribution in [0.5, 0.6) is 0 Å². The fourth-order valence-corrected chi connectivity index (χ4v) is 4.82. The first-order chi connectivity index (χ1) is 17.2. The number of aromatic nitrogens is 4. The Bertz CT molecular complexity index is 1040. The van der Waals surface area contributed by atoms with Gasteiger partial charge in [-0.05, 0) is 6.42 Å². The fraction of sp³-hybridized carbons (Fsp3) is 0.727. The second-order valence-corrected chi connectivity index (χ2v) is 10.2. The summed E-state index contributed by atoms with van der Waals surface area (Å²) in [6.07, 6.45) is 6.72. The lowest BCUT2D eigenvalue weighted by Crippen LogP contribution is -2.34. The van der Waals surface area contributed by atoms with Gasteiger partial charge < -0.3 is 34.6 Å². The summed E-state index contributed by atoms with van der Waals surface area (Å²) >= 11 is 0. The number of phosphoric acid groups is 1. The smallest absolute Gasteiger partial charge is 0.322 e. The second kappa shape index (κ2) is 13.4. The van der Waals surface area contributed by atoms with Crippen molar-refractivity contribution in [2.75, 3.05) is 12.3 Å². The zero-order chi connectivity index (χ0) is 26.1. The maximum Gasteiger partial charge on any atom is 0.322 e. The van der Waals surface area contributed by atoms with Crippen LogP contribution in [0.15, 0.2) is 12.7 Å². The normalized spacial score (nSPS) is 23.7. The van der Waals surface area contributed by atoms with E-state index in [1.165, 1.54) is 42.9 Å². The third-order valence-corrected chi connectivity index (χ3v) is 6.99. The number of hydrogen-bond acceptors (Lipinski definition) is 12. The number of hydrogen-bond donors (Lipinski definition) is 3. The Labute approximate surface area is 209 Å². The van der Waals surface area contributed by atoms with E-state index in [-0.39, 0.29) is 23.4 Å². The van der Waals surface area contributed by atoms with Gasteiger partial charge in [-0.25, -0.2) is 15.0 Å². The topological polar surface area (TPSA) is 195 Å². The van der Waals surface area contributed by atoms with Gasteiger partial charge >= 0.3 is 13.8 Å². The molecule has 0 amide bonds. The molecular formula is C22H35N5O8P-. The number of rotatable bonds is 15. The lowest BCUT2D eigenvalue weighted by atomic mass is 10.1. The van der Waals surface area contributed by atoms with E-state index >= 15 is 0 Å². The quantitative estimate of drug-likeness (QED) is 0.225. The molecule has 2 aromatic rings. The summed E-state index contributed by atoms with van der Waals surface area (Å²) in [5.74, 6) is -0.771. The molecule has 3 rings (SSSR count). The SMILES string of the molecule is CCCCCCCCCCCC(=O)OP(=O)([O-])OC[C@H]1O[C@@H](n2cnc3c(N)ncnc32)[C@H](O)[C@@H]1O. The molecule has 0 radical (unpaired) electrons. The van der Waals surface area contributed by atoms with Gasteiger partial charge in [0.25, 0.3) is 0 Å². The van der Waals surface area contributed by atoms with Crippen LogP contribution in [-0.2, 0) is 23.1 Å². The highest BCUT2D eigenvalue weighted by molar-refractivity contribution is 7.46. The van der Waals surface area contributed by atoms with E-state index in [1.54, 1.807) is 0 Å². The van der Waals surface area contributed by atoms with E-state index < -0.39 is 44.9 Å². The highest BCUT2D eigenvalue weighted by Gasteiger charge is 2.45. The number of imidazole rings is 1. The van der Waals surface area contributed by atoms with Crippen molar-refractivity contribution in [3.05, 3.63) is 12.7 Å². The van der Waals surface area contributed by atoms with Crippen molar-refractivity contribution < 1.29 is 38.3 Å². The number of phosphoric ester groups is 1. The number of nitrogen functional groups attached to an aromatic ring is 1. The number of unbranched alkanes of at least 4 members (excludes halogenated alkanes) is 8. The van der Waals surface area contributed by atoms with E-state index in [9.17, 15) is 24.5 Å². The average molecular weight is 529 g/mol. The predicted molar refractivity (Wildman–Crippen MR) is 127 cm³/mol. The molecule has 5 atom stereocenters. The molecule has 1 fully saturated rings. The standard InChI is InChI=1S/C22H36N5O8P/c1-2-3-4-5-6-7-8-9-10-11-16(28)35-36(31,32)33-12-15-18(29)19(30)22(34-15)27-14-26-17-20(23)24-13-25-21(17)27/h13-15,18-19,22,29-30H,2-12H2,1H3,(H,31,32)(H2,23,24,25)/p-1/t15-,18-,19-,22-/m1/s1. The number of anilines is 1. The molecule has 2 aromatic heterocycles. The third-order valence-electron chi connectivity index (χ3n) is 6.09. The molecule has 1 aliphatic rings. The predicted octanol–water partition coefficient (Wildman–Crippen LogP) is 1.98. The maximum absolute atomic E-state index is 12.1. The lowest BCUT2D eigenvalue weighted by Gasteiger charge is -2.24. The van der Waals surface area contributed by atoms with Crippen LogP contribution in [0.3, 0.4) is 0 Å². The van der Waals surface area contributed by atoms with E-state index in [0.29, 0.717) is 6.42 Å². The largest absolute Gasteiger partial charge is 0.746 e. The molecule has 13 nitrogen and oxygen atoms in total. The van der Waals surface area contributed by atoms with Crippen molar-refractivity contribution in [2.45, 2.75) is 95.7 Å². The van der Waals surface area contributed by atoms with E-state index in [0.717, 1.165) is 25.7 Å². The van der Waals surface area contributed by atoms with Crippen LogP contribution < -0.4 is 10.6 Å². The lowest BCUT2D eigenvalue weighted by molar-refractivity contribution is -0.227. The Hall–Kier alpha value is -2.15. The van der Waals surface area contributed by atoms with Crippen molar-refractivity contribution in [2.24, 2.45) is 0 Å². The highest BCUT2D eigenvalue weighted by atomic mass is 31.2. The number of ether oxygens (including phenoxy) is 1. The minimum absolute atomic E-state index is 0.0343. The van der Waals surface area contributed by atoms with Crippen molar-refractivity contribution in [3.8, 4) is 0 Å². The van der Waals surface area contributed by atoms with Crippen molar-refractivity contribution in [1.29, 1.82) is 0 Å². The summed E-state index contributed by atoms with van der Waals surface area (Å²) < 4.78 is 28.3. The Morgan fingerprint density at radius 2 is 1.78 bits per heavy atom. The van der Waals surface area contributed by atoms with E-state index in [2.05, 4.69) is 26.4 Å². The van der Waals surface area contributed by atoms with Gasteiger partial charge in [-0.1, -0.05) is 58.3 Å². The Morgan fingerprint density at radius 3 is 2.47 bits per heavy atom. The van der Waals surface area contributed by atoms with Gasteiger partial charge in [0.15, 0.2) is 17.7 Å². The summed E-state index contributed by atoms with van der Waals surface area (Å²) in [5.41, 5.74) is 6.30. The number of aliphatic hydroxyl groups is 2. The monoisotopic (exact) mass is 528 g/mol. The summed E-state index contributed by atoms with van der Waals surface area (Å²) in [7, 11) is -4.98. The molecule has 0 aromatic carbocycles. The second-order valence-electron chi connectivity index (χ2n) is 8.91. The molecule has 0 spiro atoms. The van der Waals surface area contributed by atoms with Gasteiger partial charge in [-0.15, -0.1) is 0 Å². The van der Waals surface area contributed by atoms with Crippen LogP contribution in [0.2, 0.25) is 0 Å². The first kappa shape index (κ1) is 28.4. The summed E-state index contributed by atoms with van der Waals surface area (Å²) in [6, 6.07) is 0. The van der Waals surface area contributed by atoms with Crippen LogP contribution in [0.1, 0.15) is 77.4 Å². The molecule has 14 heteroatoms. The third kappa shape index (κ3) is 7.67. The molecule has 1 aliphatic heterocycles. The van der Waals surface area contributed by atoms with Crippen LogP contribution in [-0.4, -0.2) is 60.6 Å².